The fraction of sp³-hybridized carbons (Fsp3) is 0.286. The topological polar surface area (TPSA) is 97.0 Å². The van der Waals surface area contributed by atoms with Crippen LogP contribution in [0, 0.1) is 0 Å². The molecule has 150 valence electrons. The van der Waals surface area contributed by atoms with Crippen LogP contribution >= 0.6 is 0 Å². The maximum absolute atomic E-state index is 12.2. The molecule has 2 aromatic carbocycles. The van der Waals surface area contributed by atoms with Gasteiger partial charge in [0.15, 0.2) is 11.5 Å². The smallest absolute Gasteiger partial charge is 0.251 e. The molecule has 2 N–H and O–H groups in total. The summed E-state index contributed by atoms with van der Waals surface area (Å²) in [5, 5.41) is 5.35. The van der Waals surface area contributed by atoms with E-state index in [-0.39, 0.29) is 31.1 Å². The van der Waals surface area contributed by atoms with Gasteiger partial charge in [-0.05, 0) is 48.4 Å². The minimum absolute atomic E-state index is 0.0985. The second-order valence-electron chi connectivity index (χ2n) is 6.84. The van der Waals surface area contributed by atoms with Crippen LogP contribution in [0.25, 0.3) is 0 Å². The van der Waals surface area contributed by atoms with Crippen molar-refractivity contribution in [2.45, 2.75) is 19.4 Å². The minimum Gasteiger partial charge on any atom is -0.454 e. The molecule has 0 aliphatic carbocycles. The molecule has 29 heavy (non-hydrogen) atoms. The standard InChI is InChI=1S/C21H21N3O5/c25-19(22-11-14-3-8-17-18(10-14)29-13-28-17)12-23-21(27)15-4-6-16(7-5-15)24-9-1-2-20(24)26/h3-8,10H,1-2,9,11-13H2,(H,22,25)(H,23,27). The van der Waals surface area contributed by atoms with E-state index < -0.39 is 0 Å². The molecule has 0 saturated carbocycles. The van der Waals surface area contributed by atoms with E-state index in [1.165, 1.54) is 0 Å². The Balaban J connectivity index is 1.24. The maximum atomic E-state index is 12.2. The minimum atomic E-state index is -0.345. The summed E-state index contributed by atoms with van der Waals surface area (Å²) in [7, 11) is 0. The molecule has 2 aromatic rings. The third-order valence-corrected chi connectivity index (χ3v) is 4.85. The lowest BCUT2D eigenvalue weighted by Crippen LogP contribution is -2.36. The number of carbonyl (C=O) groups is 3. The number of carbonyl (C=O) groups excluding carboxylic acids is 3. The largest absolute Gasteiger partial charge is 0.454 e. The highest BCUT2D eigenvalue weighted by Crippen LogP contribution is 2.32. The van der Waals surface area contributed by atoms with E-state index in [1.54, 1.807) is 35.2 Å². The predicted molar refractivity (Wildman–Crippen MR) is 105 cm³/mol. The molecule has 2 aliphatic heterocycles. The molecule has 0 radical (unpaired) electrons. The number of anilines is 1. The highest BCUT2D eigenvalue weighted by Gasteiger charge is 2.21. The van der Waals surface area contributed by atoms with Gasteiger partial charge in [-0.15, -0.1) is 0 Å². The number of amides is 3. The van der Waals surface area contributed by atoms with Gasteiger partial charge in [-0.25, -0.2) is 0 Å². The highest BCUT2D eigenvalue weighted by molar-refractivity contribution is 5.98. The molecule has 8 heteroatoms. The first-order valence-electron chi connectivity index (χ1n) is 9.44. The van der Waals surface area contributed by atoms with Crippen LogP contribution in [0.2, 0.25) is 0 Å². The fourth-order valence-corrected chi connectivity index (χ4v) is 3.29. The van der Waals surface area contributed by atoms with Crippen LogP contribution in [0.1, 0.15) is 28.8 Å². The number of hydrogen-bond donors (Lipinski definition) is 2. The van der Waals surface area contributed by atoms with Gasteiger partial charge in [0.25, 0.3) is 5.91 Å². The molecule has 1 fully saturated rings. The molecule has 2 aliphatic rings. The van der Waals surface area contributed by atoms with Crippen molar-refractivity contribution in [1.29, 1.82) is 0 Å². The first-order valence-corrected chi connectivity index (χ1v) is 9.44. The predicted octanol–water partition coefficient (Wildman–Crippen LogP) is 1.59. The summed E-state index contributed by atoms with van der Waals surface area (Å²) in [6.07, 6.45) is 1.41. The average Bonchev–Trinajstić information content (AvgIpc) is 3.38. The Kier molecular flexibility index (Phi) is 5.33. The van der Waals surface area contributed by atoms with Crippen molar-refractivity contribution in [3.63, 3.8) is 0 Å². The van der Waals surface area contributed by atoms with Gasteiger partial charge in [0.2, 0.25) is 18.6 Å². The van der Waals surface area contributed by atoms with E-state index in [4.69, 9.17) is 9.47 Å². The molecule has 0 unspecified atom stereocenters. The van der Waals surface area contributed by atoms with E-state index in [1.807, 2.05) is 12.1 Å². The Morgan fingerprint density at radius 2 is 1.79 bits per heavy atom. The van der Waals surface area contributed by atoms with Crippen LogP contribution in [0.15, 0.2) is 42.5 Å². The third-order valence-electron chi connectivity index (χ3n) is 4.85. The number of rotatable bonds is 6. The number of nitrogens with one attached hydrogen (secondary N) is 2. The SMILES string of the molecule is O=C(CNC(=O)c1ccc(N2CCCC2=O)cc1)NCc1ccc2c(c1)OCO2. The lowest BCUT2D eigenvalue weighted by atomic mass is 10.2. The molecule has 0 aromatic heterocycles. The number of benzene rings is 2. The normalized spacial score (nSPS) is 14.8. The number of ether oxygens (including phenoxy) is 2. The monoisotopic (exact) mass is 395 g/mol. The first-order chi connectivity index (χ1) is 14.1. The average molecular weight is 395 g/mol. The Morgan fingerprint density at radius 3 is 2.55 bits per heavy atom. The van der Waals surface area contributed by atoms with Crippen molar-refractivity contribution < 1.29 is 23.9 Å². The highest BCUT2D eigenvalue weighted by atomic mass is 16.7. The Morgan fingerprint density at radius 1 is 1.00 bits per heavy atom. The molecular weight excluding hydrogens is 374 g/mol. The Labute approximate surface area is 167 Å². The molecular formula is C21H21N3O5. The summed E-state index contributed by atoms with van der Waals surface area (Å²) < 4.78 is 10.6. The zero-order valence-electron chi connectivity index (χ0n) is 15.8. The van der Waals surface area contributed by atoms with Crippen molar-refractivity contribution >= 4 is 23.4 Å². The number of hydrogen-bond acceptors (Lipinski definition) is 5. The van der Waals surface area contributed by atoms with Crippen LogP contribution in [-0.4, -0.2) is 37.6 Å². The quantitative estimate of drug-likeness (QED) is 0.774. The first kappa shape index (κ1) is 18.8. The van der Waals surface area contributed by atoms with Crippen molar-refractivity contribution in [2.75, 3.05) is 24.8 Å². The van der Waals surface area contributed by atoms with Crippen LogP contribution in [0.4, 0.5) is 5.69 Å². The molecule has 4 rings (SSSR count). The summed E-state index contributed by atoms with van der Waals surface area (Å²) >= 11 is 0. The van der Waals surface area contributed by atoms with Crippen LogP contribution in [0.5, 0.6) is 11.5 Å². The maximum Gasteiger partial charge on any atom is 0.251 e. The van der Waals surface area contributed by atoms with Gasteiger partial charge in [0, 0.05) is 30.8 Å². The summed E-state index contributed by atoms with van der Waals surface area (Å²) in [6.45, 7) is 1.10. The zero-order valence-corrected chi connectivity index (χ0v) is 15.8. The summed E-state index contributed by atoms with van der Waals surface area (Å²) in [4.78, 5) is 37.8. The molecule has 0 atom stereocenters. The van der Waals surface area contributed by atoms with Crippen LogP contribution in [-0.2, 0) is 16.1 Å². The fourth-order valence-electron chi connectivity index (χ4n) is 3.29. The molecule has 8 nitrogen and oxygen atoms in total. The van der Waals surface area contributed by atoms with Gasteiger partial charge in [0.05, 0.1) is 6.54 Å². The van der Waals surface area contributed by atoms with Gasteiger partial charge in [-0.1, -0.05) is 6.07 Å². The van der Waals surface area contributed by atoms with Crippen LogP contribution < -0.4 is 25.0 Å². The third kappa shape index (κ3) is 4.31. The zero-order chi connectivity index (χ0) is 20.2. The molecule has 2 heterocycles. The molecule has 3 amide bonds. The van der Waals surface area contributed by atoms with Crippen molar-refractivity contribution in [2.24, 2.45) is 0 Å². The van der Waals surface area contributed by atoms with Gasteiger partial charge < -0.3 is 25.0 Å². The van der Waals surface area contributed by atoms with Gasteiger partial charge in [-0.3, -0.25) is 14.4 Å². The summed E-state index contributed by atoms with van der Waals surface area (Å²) in [5.41, 5.74) is 2.09. The second-order valence-corrected chi connectivity index (χ2v) is 6.84. The van der Waals surface area contributed by atoms with Crippen molar-refractivity contribution in [3.8, 4) is 11.5 Å². The Hall–Kier alpha value is -3.55. The van der Waals surface area contributed by atoms with E-state index in [0.29, 0.717) is 36.6 Å². The van der Waals surface area contributed by atoms with Gasteiger partial charge in [-0.2, -0.15) is 0 Å². The Bertz CT molecular complexity index is 942. The molecule has 1 saturated heterocycles. The molecule has 0 spiro atoms. The number of fused-ring (bicyclic) bond motifs is 1. The van der Waals surface area contributed by atoms with E-state index in [9.17, 15) is 14.4 Å². The second kappa shape index (κ2) is 8.22. The van der Waals surface area contributed by atoms with E-state index in [2.05, 4.69) is 10.6 Å². The van der Waals surface area contributed by atoms with E-state index in [0.717, 1.165) is 17.7 Å². The summed E-state index contributed by atoms with van der Waals surface area (Å²) in [6, 6.07) is 12.3. The van der Waals surface area contributed by atoms with Gasteiger partial charge >= 0.3 is 0 Å². The number of nitrogens with zero attached hydrogens (tertiary/aromatic N) is 1. The van der Waals surface area contributed by atoms with Gasteiger partial charge in [0.1, 0.15) is 0 Å². The van der Waals surface area contributed by atoms with Crippen molar-refractivity contribution in [3.05, 3.63) is 53.6 Å². The van der Waals surface area contributed by atoms with E-state index >= 15 is 0 Å². The summed E-state index contributed by atoms with van der Waals surface area (Å²) in [5.74, 6) is 0.802. The van der Waals surface area contributed by atoms with Crippen LogP contribution in [0.3, 0.4) is 0 Å². The lowest BCUT2D eigenvalue weighted by Gasteiger charge is -2.15. The van der Waals surface area contributed by atoms with Crippen molar-refractivity contribution in [1.82, 2.24) is 10.6 Å². The molecule has 0 bridgehead atoms. The lowest BCUT2D eigenvalue weighted by molar-refractivity contribution is -0.120.